The Morgan fingerprint density at radius 3 is 2.42 bits per heavy atom. The molecule has 0 amide bonds. The molecule has 0 N–H and O–H groups in total. The number of piperazine rings is 1. The molecule has 1 aromatic heterocycles. The summed E-state index contributed by atoms with van der Waals surface area (Å²) in [6.45, 7) is 1.51. The van der Waals surface area contributed by atoms with E-state index in [-0.39, 0.29) is 17.8 Å². The number of ether oxygens (including phenoxy) is 1. The molecule has 4 rings (SSSR count). The van der Waals surface area contributed by atoms with E-state index in [0.29, 0.717) is 47.9 Å². The van der Waals surface area contributed by atoms with Crippen LogP contribution >= 0.6 is 23.2 Å². The van der Waals surface area contributed by atoms with E-state index in [2.05, 4.69) is 10.00 Å². The topological polar surface area (TPSA) is 50.6 Å². The minimum absolute atomic E-state index is 0.151. The first-order chi connectivity index (χ1) is 17.1. The van der Waals surface area contributed by atoms with Gasteiger partial charge in [0, 0.05) is 43.5 Å². The van der Waals surface area contributed by atoms with E-state index in [1.807, 2.05) is 6.07 Å². The van der Waals surface area contributed by atoms with Crippen LogP contribution in [0.5, 0.6) is 5.75 Å². The van der Waals surface area contributed by atoms with Crippen molar-refractivity contribution in [1.29, 1.82) is 0 Å². The number of aromatic nitrogens is 2. The lowest BCUT2D eigenvalue weighted by molar-refractivity contribution is -0.144. The van der Waals surface area contributed by atoms with Crippen molar-refractivity contribution in [3.05, 3.63) is 64.0 Å². The number of rotatable bonds is 7. The Kier molecular flexibility index (Phi) is 7.77. The molecule has 0 bridgehead atoms. The lowest BCUT2D eigenvalue weighted by atomic mass is 10.1. The van der Waals surface area contributed by atoms with Gasteiger partial charge in [-0.1, -0.05) is 35.3 Å². The zero-order valence-electron chi connectivity index (χ0n) is 19.1. The molecule has 0 spiro atoms. The van der Waals surface area contributed by atoms with E-state index >= 15 is 0 Å². The number of aldehydes is 1. The highest BCUT2D eigenvalue weighted by Gasteiger charge is 2.41. The van der Waals surface area contributed by atoms with Gasteiger partial charge in [-0.3, -0.25) is 9.58 Å². The second-order valence-corrected chi connectivity index (χ2v) is 9.00. The zero-order valence-corrected chi connectivity index (χ0v) is 20.6. The first kappa shape index (κ1) is 26.2. The van der Waals surface area contributed by atoms with Crippen LogP contribution < -0.4 is 9.64 Å². The van der Waals surface area contributed by atoms with Crippen molar-refractivity contribution in [1.82, 2.24) is 14.7 Å². The van der Waals surface area contributed by atoms with Gasteiger partial charge in [-0.05, 0) is 24.3 Å². The molecule has 1 atom stereocenters. The maximum Gasteiger partial charge on any atom is 0.434 e. The number of anilines is 1. The number of hydrogen-bond acceptors (Lipinski definition) is 5. The molecule has 1 saturated heterocycles. The van der Waals surface area contributed by atoms with Crippen LogP contribution in [-0.2, 0) is 17.5 Å². The monoisotopic (exact) mass is 544 g/mol. The molecular weight excluding hydrogens is 523 g/mol. The lowest BCUT2D eigenvalue weighted by Crippen LogP contribution is -2.52. The molecular formula is C24H22Cl2F4N4O2. The predicted molar refractivity (Wildman–Crippen MR) is 129 cm³/mol. The summed E-state index contributed by atoms with van der Waals surface area (Å²) in [6.07, 6.45) is -4.26. The molecule has 1 unspecified atom stereocenters. The fourth-order valence-electron chi connectivity index (χ4n) is 4.25. The number of carbonyl (C=O) groups excluding carboxylic acids is 1. The molecule has 192 valence electrons. The highest BCUT2D eigenvalue weighted by atomic mass is 35.5. The Bertz CT molecular complexity index is 1240. The molecule has 1 aliphatic rings. The first-order valence-electron chi connectivity index (χ1n) is 11.0. The third kappa shape index (κ3) is 5.30. The Labute approximate surface area is 214 Å². The van der Waals surface area contributed by atoms with Gasteiger partial charge >= 0.3 is 6.18 Å². The number of nitrogens with zero attached hydrogens (tertiary/aromatic N) is 4. The van der Waals surface area contributed by atoms with Crippen LogP contribution in [0.4, 0.5) is 23.2 Å². The van der Waals surface area contributed by atoms with Gasteiger partial charge in [0.1, 0.15) is 23.5 Å². The minimum Gasteiger partial charge on any atom is -0.495 e. The standard InChI is InChI=1S/C24H22Cl2F4N4O2/c1-36-20-12-15(6-7-18(20)25)32-8-10-33(11-9-32)16(14-35)13-34-23(24(28,29)30)21(26)22(31-34)17-4-2-3-5-19(17)27/h2-7,12,14,16H,8-11,13H2,1H3. The third-order valence-corrected chi connectivity index (χ3v) is 6.76. The molecule has 0 aliphatic carbocycles. The van der Waals surface area contributed by atoms with Gasteiger partial charge in [-0.2, -0.15) is 18.3 Å². The molecule has 0 radical (unpaired) electrons. The average Bonchev–Trinajstić information content (AvgIpc) is 3.19. The van der Waals surface area contributed by atoms with E-state index in [1.54, 1.807) is 17.0 Å². The van der Waals surface area contributed by atoms with Crippen LogP contribution in [0.15, 0.2) is 42.5 Å². The van der Waals surface area contributed by atoms with Gasteiger partial charge in [0.25, 0.3) is 0 Å². The molecule has 2 heterocycles. The first-order valence-corrected chi connectivity index (χ1v) is 11.8. The Morgan fingerprint density at radius 1 is 1.11 bits per heavy atom. The van der Waals surface area contributed by atoms with Gasteiger partial charge in [0.2, 0.25) is 0 Å². The summed E-state index contributed by atoms with van der Waals surface area (Å²) >= 11 is 12.1. The SMILES string of the molecule is COc1cc(N2CCN(C(C=O)Cn3nc(-c4ccccc4F)c(Cl)c3C(F)(F)F)CC2)ccc1Cl. The normalized spacial score (nSPS) is 15.7. The van der Waals surface area contributed by atoms with Crippen LogP contribution in [0.2, 0.25) is 10.0 Å². The van der Waals surface area contributed by atoms with Crippen molar-refractivity contribution in [2.24, 2.45) is 0 Å². The number of carbonyl (C=O) groups is 1. The van der Waals surface area contributed by atoms with Crippen LogP contribution in [-0.4, -0.2) is 60.3 Å². The van der Waals surface area contributed by atoms with E-state index < -0.39 is 28.8 Å². The zero-order chi connectivity index (χ0) is 26.0. The Hall–Kier alpha value is -2.82. The lowest BCUT2D eigenvalue weighted by Gasteiger charge is -2.38. The van der Waals surface area contributed by atoms with Gasteiger partial charge in [-0.15, -0.1) is 0 Å². The number of hydrogen-bond donors (Lipinski definition) is 0. The fourth-order valence-corrected chi connectivity index (χ4v) is 4.79. The van der Waals surface area contributed by atoms with Crippen molar-refractivity contribution < 1.29 is 27.1 Å². The predicted octanol–water partition coefficient (Wildman–Crippen LogP) is 5.41. The van der Waals surface area contributed by atoms with Crippen molar-refractivity contribution in [2.45, 2.75) is 18.8 Å². The second kappa shape index (κ2) is 10.7. The van der Waals surface area contributed by atoms with Gasteiger partial charge in [0.15, 0.2) is 5.69 Å². The Morgan fingerprint density at radius 2 is 1.81 bits per heavy atom. The molecule has 2 aromatic carbocycles. The van der Waals surface area contributed by atoms with Crippen molar-refractivity contribution in [3.63, 3.8) is 0 Å². The summed E-state index contributed by atoms with van der Waals surface area (Å²) in [5.41, 5.74) is -0.817. The molecule has 12 heteroatoms. The number of methoxy groups -OCH3 is 1. The summed E-state index contributed by atoms with van der Waals surface area (Å²) in [7, 11) is 1.52. The number of halogens is 6. The van der Waals surface area contributed by atoms with Crippen LogP contribution in [0.3, 0.4) is 0 Å². The summed E-state index contributed by atoms with van der Waals surface area (Å²) in [4.78, 5) is 15.8. The van der Waals surface area contributed by atoms with Gasteiger partial charge in [0.05, 0.1) is 29.7 Å². The van der Waals surface area contributed by atoms with E-state index in [4.69, 9.17) is 27.9 Å². The van der Waals surface area contributed by atoms with E-state index in [0.717, 1.165) is 11.8 Å². The summed E-state index contributed by atoms with van der Waals surface area (Å²) < 4.78 is 61.9. The largest absolute Gasteiger partial charge is 0.495 e. The number of benzene rings is 2. The summed E-state index contributed by atoms with van der Waals surface area (Å²) in [6, 6.07) is 9.80. The fraction of sp³-hybridized carbons (Fsp3) is 0.333. The second-order valence-electron chi connectivity index (χ2n) is 8.22. The van der Waals surface area contributed by atoms with Crippen LogP contribution in [0, 0.1) is 5.82 Å². The summed E-state index contributed by atoms with van der Waals surface area (Å²) in [5.74, 6) is -0.220. The highest BCUT2D eigenvalue weighted by molar-refractivity contribution is 6.33. The van der Waals surface area contributed by atoms with Crippen molar-refractivity contribution >= 4 is 35.2 Å². The molecule has 36 heavy (non-hydrogen) atoms. The molecule has 1 aliphatic heterocycles. The van der Waals surface area contributed by atoms with Gasteiger partial charge < -0.3 is 14.4 Å². The molecule has 3 aromatic rings. The molecule has 1 fully saturated rings. The van der Waals surface area contributed by atoms with Crippen molar-refractivity contribution in [2.75, 3.05) is 38.2 Å². The van der Waals surface area contributed by atoms with E-state index in [1.165, 1.54) is 25.3 Å². The smallest absolute Gasteiger partial charge is 0.434 e. The molecule has 6 nitrogen and oxygen atoms in total. The maximum atomic E-state index is 14.3. The summed E-state index contributed by atoms with van der Waals surface area (Å²) in [5, 5.41) is 3.75. The third-order valence-electron chi connectivity index (χ3n) is 6.09. The highest BCUT2D eigenvalue weighted by Crippen LogP contribution is 2.40. The van der Waals surface area contributed by atoms with E-state index in [9.17, 15) is 22.4 Å². The average molecular weight is 545 g/mol. The number of alkyl halides is 3. The minimum atomic E-state index is -4.85. The maximum absolute atomic E-state index is 14.3. The van der Waals surface area contributed by atoms with Gasteiger partial charge in [-0.25, -0.2) is 4.39 Å². The molecule has 0 saturated carbocycles. The van der Waals surface area contributed by atoms with Crippen LogP contribution in [0.1, 0.15) is 5.69 Å². The quantitative estimate of drug-likeness (QED) is 0.294. The Balaban J connectivity index is 1.55. The van der Waals surface area contributed by atoms with Crippen molar-refractivity contribution in [3.8, 4) is 17.0 Å². The van der Waals surface area contributed by atoms with Crippen LogP contribution in [0.25, 0.3) is 11.3 Å².